The summed E-state index contributed by atoms with van der Waals surface area (Å²) in [6.07, 6.45) is 2.43. The van der Waals surface area contributed by atoms with Gasteiger partial charge >= 0.3 is 0 Å². The summed E-state index contributed by atoms with van der Waals surface area (Å²) in [4.78, 5) is 4.52. The zero-order chi connectivity index (χ0) is 11.1. The second-order valence-corrected chi connectivity index (χ2v) is 4.24. The molecule has 0 radical (unpaired) electrons. The van der Waals surface area contributed by atoms with Crippen molar-refractivity contribution in [2.75, 3.05) is 0 Å². The fourth-order valence-corrected chi connectivity index (χ4v) is 1.86. The van der Waals surface area contributed by atoms with E-state index in [0.29, 0.717) is 11.7 Å². The highest BCUT2D eigenvalue weighted by molar-refractivity contribution is 5.57. The highest BCUT2D eigenvalue weighted by Gasteiger charge is 2.29. The van der Waals surface area contributed by atoms with E-state index in [1.54, 1.807) is 18.2 Å². The summed E-state index contributed by atoms with van der Waals surface area (Å²) in [6, 6.07) is 7.05. The van der Waals surface area contributed by atoms with Crippen LogP contribution in [0.1, 0.15) is 24.6 Å². The lowest BCUT2D eigenvalue weighted by Gasteiger charge is -1.95. The third-order valence-corrected chi connectivity index (χ3v) is 2.84. The van der Waals surface area contributed by atoms with Crippen molar-refractivity contribution in [1.29, 1.82) is 0 Å². The number of phenols is 1. The molecule has 2 aromatic rings. The molecule has 0 saturated heterocycles. The molecule has 1 heterocycles. The first-order valence-corrected chi connectivity index (χ1v) is 5.44. The van der Waals surface area contributed by atoms with E-state index < -0.39 is 0 Å². The standard InChI is InChI=1S/C12H13N3O/c1-15-12(8-5-6-8)13-11(14-15)9-3-2-4-10(16)7-9/h2-4,7-8,16H,5-6H2,1H3. The number of nitrogens with zero attached hydrogens (tertiary/aromatic N) is 3. The van der Waals surface area contributed by atoms with Gasteiger partial charge < -0.3 is 5.11 Å². The molecule has 82 valence electrons. The first-order valence-electron chi connectivity index (χ1n) is 5.44. The summed E-state index contributed by atoms with van der Waals surface area (Å²) in [6.45, 7) is 0. The van der Waals surface area contributed by atoms with Crippen molar-refractivity contribution >= 4 is 0 Å². The first kappa shape index (κ1) is 9.39. The van der Waals surface area contributed by atoms with Crippen molar-refractivity contribution in [2.24, 2.45) is 7.05 Å². The van der Waals surface area contributed by atoms with Crippen molar-refractivity contribution < 1.29 is 5.11 Å². The predicted molar refractivity (Wildman–Crippen MR) is 60.1 cm³/mol. The molecule has 1 aliphatic rings. The van der Waals surface area contributed by atoms with Crippen LogP contribution >= 0.6 is 0 Å². The molecule has 0 unspecified atom stereocenters. The number of rotatable bonds is 2. The van der Waals surface area contributed by atoms with Crippen LogP contribution in [-0.2, 0) is 7.05 Å². The fraction of sp³-hybridized carbons (Fsp3) is 0.333. The van der Waals surface area contributed by atoms with Gasteiger partial charge in [-0.15, -0.1) is 0 Å². The largest absolute Gasteiger partial charge is 0.508 e. The Morgan fingerprint density at radius 2 is 2.19 bits per heavy atom. The number of aryl methyl sites for hydroxylation is 1. The Bertz CT molecular complexity index is 529. The van der Waals surface area contributed by atoms with Crippen LogP contribution in [0.4, 0.5) is 0 Å². The Morgan fingerprint density at radius 1 is 1.38 bits per heavy atom. The topological polar surface area (TPSA) is 50.9 Å². The van der Waals surface area contributed by atoms with Gasteiger partial charge in [0.15, 0.2) is 5.82 Å². The average molecular weight is 215 g/mol. The lowest BCUT2D eigenvalue weighted by molar-refractivity contribution is 0.475. The van der Waals surface area contributed by atoms with Gasteiger partial charge in [-0.3, -0.25) is 4.68 Å². The van der Waals surface area contributed by atoms with E-state index in [2.05, 4.69) is 10.1 Å². The summed E-state index contributed by atoms with van der Waals surface area (Å²) in [5, 5.41) is 13.8. The Morgan fingerprint density at radius 3 is 2.88 bits per heavy atom. The van der Waals surface area contributed by atoms with Crippen LogP contribution in [-0.4, -0.2) is 19.9 Å². The summed E-state index contributed by atoms with van der Waals surface area (Å²) in [5.74, 6) is 2.58. The molecule has 1 saturated carbocycles. The lowest BCUT2D eigenvalue weighted by atomic mass is 10.2. The molecule has 0 spiro atoms. The molecule has 1 fully saturated rings. The normalized spacial score (nSPS) is 15.3. The molecule has 4 heteroatoms. The summed E-state index contributed by atoms with van der Waals surface area (Å²) < 4.78 is 1.84. The van der Waals surface area contributed by atoms with Gasteiger partial charge in [-0.1, -0.05) is 12.1 Å². The molecule has 16 heavy (non-hydrogen) atoms. The van der Waals surface area contributed by atoms with Crippen LogP contribution in [0.2, 0.25) is 0 Å². The molecular formula is C12H13N3O. The van der Waals surface area contributed by atoms with Crippen molar-refractivity contribution in [3.05, 3.63) is 30.1 Å². The van der Waals surface area contributed by atoms with Crippen LogP contribution in [0.25, 0.3) is 11.4 Å². The molecule has 0 amide bonds. The van der Waals surface area contributed by atoms with Gasteiger partial charge in [-0.2, -0.15) is 5.10 Å². The minimum atomic E-state index is 0.248. The summed E-state index contributed by atoms with van der Waals surface area (Å²) >= 11 is 0. The van der Waals surface area contributed by atoms with Gasteiger partial charge in [0.05, 0.1) is 0 Å². The molecule has 4 nitrogen and oxygen atoms in total. The third-order valence-electron chi connectivity index (χ3n) is 2.84. The molecule has 0 atom stereocenters. The van der Waals surface area contributed by atoms with Crippen molar-refractivity contribution in [1.82, 2.24) is 14.8 Å². The third kappa shape index (κ3) is 1.56. The molecule has 0 bridgehead atoms. The number of benzene rings is 1. The minimum Gasteiger partial charge on any atom is -0.508 e. The van der Waals surface area contributed by atoms with Crippen molar-refractivity contribution in [3.8, 4) is 17.1 Å². The smallest absolute Gasteiger partial charge is 0.181 e. The maximum Gasteiger partial charge on any atom is 0.181 e. The van der Waals surface area contributed by atoms with Crippen LogP contribution in [0, 0.1) is 0 Å². The van der Waals surface area contributed by atoms with Gasteiger partial charge in [-0.25, -0.2) is 4.98 Å². The zero-order valence-electron chi connectivity index (χ0n) is 9.09. The fourth-order valence-electron chi connectivity index (χ4n) is 1.86. The maximum atomic E-state index is 9.41. The van der Waals surface area contributed by atoms with E-state index in [4.69, 9.17) is 0 Å². The number of hydrogen-bond donors (Lipinski definition) is 1. The van der Waals surface area contributed by atoms with Gasteiger partial charge in [0.2, 0.25) is 0 Å². The van der Waals surface area contributed by atoms with E-state index in [-0.39, 0.29) is 5.75 Å². The number of aromatic nitrogens is 3. The summed E-state index contributed by atoms with van der Waals surface area (Å²) in [7, 11) is 1.92. The van der Waals surface area contributed by atoms with Crippen LogP contribution < -0.4 is 0 Å². The Hall–Kier alpha value is -1.84. The van der Waals surface area contributed by atoms with Gasteiger partial charge in [0, 0.05) is 18.5 Å². The molecule has 1 aromatic heterocycles. The van der Waals surface area contributed by atoms with Crippen LogP contribution in [0.3, 0.4) is 0 Å². The second kappa shape index (κ2) is 3.33. The van der Waals surface area contributed by atoms with Gasteiger partial charge in [0.25, 0.3) is 0 Å². The monoisotopic (exact) mass is 215 g/mol. The van der Waals surface area contributed by atoms with Crippen LogP contribution in [0.5, 0.6) is 5.75 Å². The first-order chi connectivity index (χ1) is 7.74. The number of hydrogen-bond acceptors (Lipinski definition) is 3. The van der Waals surface area contributed by atoms with E-state index in [1.165, 1.54) is 12.8 Å². The Labute approximate surface area is 93.6 Å². The minimum absolute atomic E-state index is 0.248. The van der Waals surface area contributed by atoms with Crippen molar-refractivity contribution in [3.63, 3.8) is 0 Å². The van der Waals surface area contributed by atoms with E-state index >= 15 is 0 Å². The quantitative estimate of drug-likeness (QED) is 0.834. The Balaban J connectivity index is 2.03. The predicted octanol–water partition coefficient (Wildman–Crippen LogP) is 2.07. The second-order valence-electron chi connectivity index (χ2n) is 4.24. The molecule has 1 aromatic carbocycles. The molecule has 1 aliphatic carbocycles. The summed E-state index contributed by atoms with van der Waals surface area (Å²) in [5.41, 5.74) is 0.863. The number of aromatic hydroxyl groups is 1. The number of phenolic OH excluding ortho intramolecular Hbond substituents is 1. The van der Waals surface area contributed by atoms with Crippen molar-refractivity contribution in [2.45, 2.75) is 18.8 Å². The average Bonchev–Trinajstić information content (AvgIpc) is 3.02. The molecule has 0 aliphatic heterocycles. The van der Waals surface area contributed by atoms with Gasteiger partial charge in [-0.05, 0) is 25.0 Å². The van der Waals surface area contributed by atoms with E-state index in [1.807, 2.05) is 17.8 Å². The van der Waals surface area contributed by atoms with Gasteiger partial charge in [0.1, 0.15) is 11.6 Å². The zero-order valence-corrected chi connectivity index (χ0v) is 9.09. The van der Waals surface area contributed by atoms with E-state index in [9.17, 15) is 5.11 Å². The van der Waals surface area contributed by atoms with Crippen LogP contribution in [0.15, 0.2) is 24.3 Å². The highest BCUT2D eigenvalue weighted by atomic mass is 16.3. The Kier molecular flexibility index (Phi) is 1.96. The molecular weight excluding hydrogens is 202 g/mol. The maximum absolute atomic E-state index is 9.41. The molecule has 3 rings (SSSR count). The molecule has 1 N–H and O–H groups in total. The lowest BCUT2D eigenvalue weighted by Crippen LogP contribution is -1.96. The SMILES string of the molecule is Cn1nc(-c2cccc(O)c2)nc1C1CC1. The highest BCUT2D eigenvalue weighted by Crippen LogP contribution is 2.39. The van der Waals surface area contributed by atoms with E-state index in [0.717, 1.165) is 11.4 Å².